The van der Waals surface area contributed by atoms with E-state index in [0.717, 1.165) is 35.5 Å². The topological polar surface area (TPSA) is 49.9 Å². The van der Waals surface area contributed by atoms with Gasteiger partial charge in [0.1, 0.15) is 0 Å². The number of rotatable bonds is 6. The van der Waals surface area contributed by atoms with Crippen molar-refractivity contribution in [3.63, 3.8) is 0 Å². The van der Waals surface area contributed by atoms with Crippen molar-refractivity contribution >= 4 is 16.9 Å². The highest BCUT2D eigenvalue weighted by atomic mass is 32.2. The fraction of sp³-hybridized carbons (Fsp3) is 0.893. The molecule has 0 aliphatic heterocycles. The summed E-state index contributed by atoms with van der Waals surface area (Å²) in [6.45, 7) is 12.6. The van der Waals surface area contributed by atoms with Crippen LogP contribution in [0.2, 0.25) is 0 Å². The number of nitrogens with one attached hydrogen (secondary N) is 1. The Kier molecular flexibility index (Phi) is 6.94. The van der Waals surface area contributed by atoms with Crippen molar-refractivity contribution in [3.05, 3.63) is 11.6 Å². The number of hydrogen-bond donors (Lipinski definition) is 2. The first-order valence-electron chi connectivity index (χ1n) is 13.4. The van der Waals surface area contributed by atoms with Gasteiger partial charge in [-0.25, -0.2) is 0 Å². The summed E-state index contributed by atoms with van der Waals surface area (Å²) in [5, 5.41) is 8.53. The minimum atomic E-state index is 0.302. The molecular weight excluding hydrogens is 396 g/mol. The van der Waals surface area contributed by atoms with E-state index >= 15 is 0 Å². The monoisotopic (exact) mass is 444 g/mol. The Morgan fingerprint density at radius 1 is 1.10 bits per heavy atom. The van der Waals surface area contributed by atoms with E-state index in [0.29, 0.717) is 21.2 Å². The van der Waals surface area contributed by atoms with Crippen LogP contribution in [0.4, 0.5) is 0 Å². The van der Waals surface area contributed by atoms with E-state index in [4.69, 9.17) is 11.1 Å². The van der Waals surface area contributed by atoms with Gasteiger partial charge in [0.05, 0.1) is 0 Å². The fourth-order valence-electron chi connectivity index (χ4n) is 8.93. The Morgan fingerprint density at radius 3 is 2.58 bits per heavy atom. The predicted octanol–water partition coefficient (Wildman–Crippen LogP) is 8.02. The van der Waals surface area contributed by atoms with Gasteiger partial charge in [0.2, 0.25) is 0 Å². The first kappa shape index (κ1) is 23.7. The second-order valence-electron chi connectivity index (χ2n) is 12.6. The minimum Gasteiger partial charge on any atom is -0.379 e. The van der Waals surface area contributed by atoms with Gasteiger partial charge in [-0.15, -0.1) is 0 Å². The number of nitrogens with two attached hydrogens (primary N) is 1. The molecule has 4 aliphatic rings. The summed E-state index contributed by atoms with van der Waals surface area (Å²) in [7, 11) is 0. The molecule has 0 spiro atoms. The zero-order chi connectivity index (χ0) is 22.4. The van der Waals surface area contributed by atoms with Crippen LogP contribution < -0.4 is 5.73 Å². The summed E-state index contributed by atoms with van der Waals surface area (Å²) < 4.78 is 0. The first-order valence-corrected chi connectivity index (χ1v) is 14.2. The third kappa shape index (κ3) is 4.38. The van der Waals surface area contributed by atoms with E-state index in [9.17, 15) is 0 Å². The minimum absolute atomic E-state index is 0.302. The standard InChI is InChI=1S/C28H48N2S/c1-18(2)7-6-8-19(3)23-11-12-24-22-10-9-20-17-21(31-26(29)30)13-15-27(20,4)25(22)14-16-28(23,24)5/h9,18-19,21-25H,6-8,10-17H2,1-5H3,(H3,29,30). The van der Waals surface area contributed by atoms with E-state index in [2.05, 4.69) is 40.7 Å². The van der Waals surface area contributed by atoms with Crippen molar-refractivity contribution in [1.82, 2.24) is 0 Å². The van der Waals surface area contributed by atoms with E-state index in [1.165, 1.54) is 70.6 Å². The third-order valence-corrected chi connectivity index (χ3v) is 11.5. The lowest BCUT2D eigenvalue weighted by molar-refractivity contribution is -0.0497. The normalized spacial score (nSPS) is 43.0. The lowest BCUT2D eigenvalue weighted by Crippen LogP contribution is -2.50. The Hall–Kier alpha value is -0.440. The summed E-state index contributed by atoms with van der Waals surface area (Å²) >= 11 is 1.61. The third-order valence-electron chi connectivity index (χ3n) is 10.6. The van der Waals surface area contributed by atoms with Crippen LogP contribution in [0.15, 0.2) is 11.6 Å². The summed E-state index contributed by atoms with van der Waals surface area (Å²) in [6, 6.07) is 0. The van der Waals surface area contributed by atoms with Crippen molar-refractivity contribution in [2.45, 2.75) is 110 Å². The molecule has 3 fully saturated rings. The summed E-state index contributed by atoms with van der Waals surface area (Å²) in [5.74, 6) is 5.45. The van der Waals surface area contributed by atoms with Crippen LogP contribution in [0.5, 0.6) is 0 Å². The van der Waals surface area contributed by atoms with Crippen LogP contribution in [-0.2, 0) is 0 Å². The molecule has 0 amide bonds. The predicted molar refractivity (Wildman–Crippen MR) is 136 cm³/mol. The van der Waals surface area contributed by atoms with Crippen molar-refractivity contribution in [2.75, 3.05) is 0 Å². The van der Waals surface area contributed by atoms with Crippen LogP contribution in [0, 0.1) is 51.7 Å². The highest BCUT2D eigenvalue weighted by Crippen LogP contribution is 2.67. The molecular formula is C28H48N2S. The Balaban J connectivity index is 1.47. The van der Waals surface area contributed by atoms with E-state index in [1.54, 1.807) is 17.3 Å². The molecule has 0 aromatic heterocycles. The largest absolute Gasteiger partial charge is 0.379 e. The fourth-order valence-corrected chi connectivity index (χ4v) is 9.79. The molecule has 0 bridgehead atoms. The number of fused-ring (bicyclic) bond motifs is 5. The van der Waals surface area contributed by atoms with Gasteiger partial charge < -0.3 is 5.73 Å². The molecule has 4 aliphatic carbocycles. The molecule has 176 valence electrons. The zero-order valence-electron chi connectivity index (χ0n) is 20.9. The van der Waals surface area contributed by atoms with Crippen molar-refractivity contribution < 1.29 is 0 Å². The number of allylic oxidation sites excluding steroid dienone is 2. The Morgan fingerprint density at radius 2 is 1.87 bits per heavy atom. The van der Waals surface area contributed by atoms with Crippen LogP contribution in [-0.4, -0.2) is 10.4 Å². The van der Waals surface area contributed by atoms with Gasteiger partial charge in [-0.1, -0.05) is 77.3 Å². The molecule has 8 atom stereocenters. The SMILES string of the molecule is CC(C)CCCC(C)C1CCC2C3CC=C4CC(SC(=N)N)CCC4(C)C3CCC12C. The number of thioether (sulfide) groups is 1. The van der Waals surface area contributed by atoms with Crippen molar-refractivity contribution in [1.29, 1.82) is 5.41 Å². The van der Waals surface area contributed by atoms with E-state index < -0.39 is 0 Å². The maximum absolute atomic E-state index is 7.70. The number of amidine groups is 1. The molecule has 8 unspecified atom stereocenters. The lowest BCUT2D eigenvalue weighted by atomic mass is 9.47. The molecule has 0 aromatic carbocycles. The van der Waals surface area contributed by atoms with Crippen molar-refractivity contribution in [3.8, 4) is 0 Å². The molecule has 0 saturated heterocycles. The molecule has 2 nitrogen and oxygen atoms in total. The van der Waals surface area contributed by atoms with E-state index in [-0.39, 0.29) is 0 Å². The first-order chi connectivity index (χ1) is 14.6. The van der Waals surface area contributed by atoms with Crippen LogP contribution in [0.1, 0.15) is 105 Å². The molecule has 3 heteroatoms. The highest BCUT2D eigenvalue weighted by Gasteiger charge is 2.59. The molecule has 4 rings (SSSR count). The van der Waals surface area contributed by atoms with Crippen LogP contribution in [0.25, 0.3) is 0 Å². The average molecular weight is 445 g/mol. The summed E-state index contributed by atoms with van der Waals surface area (Å²) in [5.41, 5.74) is 8.43. The second-order valence-corrected chi connectivity index (χ2v) is 14.0. The quantitative estimate of drug-likeness (QED) is 0.247. The molecule has 3 saturated carbocycles. The van der Waals surface area contributed by atoms with Gasteiger partial charge in [0.25, 0.3) is 0 Å². The van der Waals surface area contributed by atoms with Gasteiger partial charge in [-0.3, -0.25) is 5.41 Å². The van der Waals surface area contributed by atoms with Crippen LogP contribution >= 0.6 is 11.8 Å². The Labute approximate surface area is 196 Å². The van der Waals surface area contributed by atoms with Crippen LogP contribution in [0.3, 0.4) is 0 Å². The molecule has 31 heavy (non-hydrogen) atoms. The summed E-state index contributed by atoms with van der Waals surface area (Å²) in [6.07, 6.45) is 17.8. The van der Waals surface area contributed by atoms with Gasteiger partial charge in [0, 0.05) is 5.25 Å². The highest BCUT2D eigenvalue weighted by molar-refractivity contribution is 8.14. The van der Waals surface area contributed by atoms with Gasteiger partial charge in [0.15, 0.2) is 5.17 Å². The smallest absolute Gasteiger partial charge is 0.151 e. The average Bonchev–Trinajstić information content (AvgIpc) is 3.05. The molecule has 3 N–H and O–H groups in total. The maximum Gasteiger partial charge on any atom is 0.151 e. The zero-order valence-corrected chi connectivity index (χ0v) is 21.7. The Bertz CT molecular complexity index is 699. The number of hydrogen-bond acceptors (Lipinski definition) is 2. The van der Waals surface area contributed by atoms with Gasteiger partial charge >= 0.3 is 0 Å². The second kappa shape index (κ2) is 9.07. The molecule has 0 aromatic rings. The molecule has 0 radical (unpaired) electrons. The lowest BCUT2D eigenvalue weighted by Gasteiger charge is -2.58. The van der Waals surface area contributed by atoms with Crippen molar-refractivity contribution in [2.24, 2.45) is 52.1 Å². The van der Waals surface area contributed by atoms with E-state index in [1.807, 2.05) is 0 Å². The van der Waals surface area contributed by atoms with Gasteiger partial charge in [-0.2, -0.15) is 0 Å². The summed E-state index contributed by atoms with van der Waals surface area (Å²) in [4.78, 5) is 0. The maximum atomic E-state index is 7.70. The van der Waals surface area contributed by atoms with Gasteiger partial charge in [-0.05, 0) is 97.7 Å². The molecule has 0 heterocycles.